The third kappa shape index (κ3) is 4.58. The van der Waals surface area contributed by atoms with Crippen molar-refractivity contribution in [2.45, 2.75) is 11.3 Å². The topological polar surface area (TPSA) is 48.8 Å². The van der Waals surface area contributed by atoms with Gasteiger partial charge in [0.15, 0.2) is 0 Å². The Morgan fingerprint density at radius 2 is 2.40 bits per heavy atom. The Labute approximate surface area is 93.8 Å². The van der Waals surface area contributed by atoms with Gasteiger partial charge in [-0.2, -0.15) is 0 Å². The number of thioether (sulfide) groups is 1. The zero-order chi connectivity index (χ0) is 10.9. The first-order valence-corrected chi connectivity index (χ1v) is 5.90. The molecule has 0 bridgehead atoms. The van der Waals surface area contributed by atoms with E-state index in [0.717, 1.165) is 6.42 Å². The van der Waals surface area contributed by atoms with Crippen molar-refractivity contribution >= 4 is 17.8 Å². The van der Waals surface area contributed by atoms with Gasteiger partial charge in [-0.3, -0.25) is 0 Å². The molecular formula is C11H13N3S. The van der Waals surface area contributed by atoms with Gasteiger partial charge in [0.2, 0.25) is 0 Å². The molecule has 3 nitrogen and oxygen atoms in total. The summed E-state index contributed by atoms with van der Waals surface area (Å²) in [6, 6.07) is 8.32. The van der Waals surface area contributed by atoms with E-state index in [0.29, 0.717) is 6.54 Å². The van der Waals surface area contributed by atoms with E-state index in [2.05, 4.69) is 34.5 Å². The van der Waals surface area contributed by atoms with E-state index in [-0.39, 0.29) is 0 Å². The average molecular weight is 219 g/mol. The van der Waals surface area contributed by atoms with Gasteiger partial charge in [0.25, 0.3) is 0 Å². The molecule has 4 heteroatoms. The highest BCUT2D eigenvalue weighted by Crippen LogP contribution is 2.16. The second kappa shape index (κ2) is 6.98. The summed E-state index contributed by atoms with van der Waals surface area (Å²) in [5.74, 6) is 0. The van der Waals surface area contributed by atoms with Crippen molar-refractivity contribution in [3.8, 4) is 0 Å². The van der Waals surface area contributed by atoms with Crippen LogP contribution in [0.5, 0.6) is 0 Å². The summed E-state index contributed by atoms with van der Waals surface area (Å²) in [5, 5.41) is 3.46. The van der Waals surface area contributed by atoms with Gasteiger partial charge in [0.1, 0.15) is 0 Å². The van der Waals surface area contributed by atoms with E-state index >= 15 is 0 Å². The van der Waals surface area contributed by atoms with Gasteiger partial charge < -0.3 is 0 Å². The SMILES string of the molecule is CSc1cccc(C=CCCN=[N+]=[N-])c1. The Morgan fingerprint density at radius 3 is 3.13 bits per heavy atom. The number of rotatable bonds is 5. The van der Waals surface area contributed by atoms with E-state index in [1.165, 1.54) is 10.5 Å². The van der Waals surface area contributed by atoms with Crippen LogP contribution in [0, 0.1) is 0 Å². The lowest BCUT2D eigenvalue weighted by atomic mass is 10.2. The van der Waals surface area contributed by atoms with Gasteiger partial charge in [0, 0.05) is 16.4 Å². The average Bonchev–Trinajstić information content (AvgIpc) is 2.29. The Kier molecular flexibility index (Phi) is 5.44. The maximum Gasteiger partial charge on any atom is 0.0292 e. The largest absolute Gasteiger partial charge is 0.130 e. The number of azide groups is 1. The Balaban J connectivity index is 2.52. The lowest BCUT2D eigenvalue weighted by Gasteiger charge is -1.97. The van der Waals surface area contributed by atoms with Crippen LogP contribution in [0.4, 0.5) is 0 Å². The predicted molar refractivity (Wildman–Crippen MR) is 65.9 cm³/mol. The summed E-state index contributed by atoms with van der Waals surface area (Å²) in [4.78, 5) is 3.95. The first kappa shape index (κ1) is 11.7. The smallest absolute Gasteiger partial charge is 0.0292 e. The van der Waals surface area contributed by atoms with Crippen LogP contribution < -0.4 is 0 Å². The van der Waals surface area contributed by atoms with Gasteiger partial charge in [-0.05, 0) is 35.9 Å². The van der Waals surface area contributed by atoms with Crippen LogP contribution in [0.2, 0.25) is 0 Å². The summed E-state index contributed by atoms with van der Waals surface area (Å²) in [6.07, 6.45) is 6.92. The third-order valence-electron chi connectivity index (χ3n) is 1.86. The van der Waals surface area contributed by atoms with Crippen LogP contribution >= 0.6 is 11.8 Å². The second-order valence-corrected chi connectivity index (χ2v) is 3.80. The van der Waals surface area contributed by atoms with E-state index in [1.54, 1.807) is 11.8 Å². The highest BCUT2D eigenvalue weighted by molar-refractivity contribution is 7.98. The van der Waals surface area contributed by atoms with E-state index in [1.807, 2.05) is 18.2 Å². The number of nitrogens with zero attached hydrogens (tertiary/aromatic N) is 3. The molecule has 0 fully saturated rings. The number of hydrogen-bond donors (Lipinski definition) is 0. The summed E-state index contributed by atoms with van der Waals surface area (Å²) in [7, 11) is 0. The monoisotopic (exact) mass is 219 g/mol. The third-order valence-corrected chi connectivity index (χ3v) is 2.59. The molecule has 0 N–H and O–H groups in total. The maximum absolute atomic E-state index is 8.08. The summed E-state index contributed by atoms with van der Waals surface area (Å²) < 4.78 is 0. The molecule has 0 aliphatic carbocycles. The molecule has 0 saturated carbocycles. The lowest BCUT2D eigenvalue weighted by molar-refractivity contribution is 0.995. The molecule has 0 heterocycles. The molecule has 0 spiro atoms. The molecule has 0 amide bonds. The molecule has 0 aliphatic heterocycles. The fourth-order valence-corrected chi connectivity index (χ4v) is 1.61. The quantitative estimate of drug-likeness (QED) is 0.241. The minimum absolute atomic E-state index is 0.523. The first-order valence-electron chi connectivity index (χ1n) is 4.68. The summed E-state index contributed by atoms with van der Waals surface area (Å²) in [6.45, 7) is 0.523. The number of benzene rings is 1. The summed E-state index contributed by atoms with van der Waals surface area (Å²) in [5.41, 5.74) is 9.27. The fourth-order valence-electron chi connectivity index (χ4n) is 1.14. The molecule has 1 aromatic rings. The highest BCUT2D eigenvalue weighted by atomic mass is 32.2. The normalized spacial score (nSPS) is 10.2. The van der Waals surface area contributed by atoms with Crippen LogP contribution in [0.1, 0.15) is 12.0 Å². The van der Waals surface area contributed by atoms with Crippen molar-refractivity contribution in [1.82, 2.24) is 0 Å². The minimum Gasteiger partial charge on any atom is -0.130 e. The molecule has 0 radical (unpaired) electrons. The van der Waals surface area contributed by atoms with E-state index < -0.39 is 0 Å². The molecule has 0 atom stereocenters. The predicted octanol–water partition coefficient (Wildman–Crippen LogP) is 4.12. The Morgan fingerprint density at radius 1 is 1.53 bits per heavy atom. The highest BCUT2D eigenvalue weighted by Gasteiger charge is 1.90. The van der Waals surface area contributed by atoms with Crippen molar-refractivity contribution < 1.29 is 0 Å². The zero-order valence-electron chi connectivity index (χ0n) is 8.63. The fraction of sp³-hybridized carbons (Fsp3) is 0.273. The molecule has 1 rings (SSSR count). The molecule has 15 heavy (non-hydrogen) atoms. The van der Waals surface area contributed by atoms with Crippen molar-refractivity contribution in [2.75, 3.05) is 12.8 Å². The van der Waals surface area contributed by atoms with Gasteiger partial charge in [-0.1, -0.05) is 29.4 Å². The lowest BCUT2D eigenvalue weighted by Crippen LogP contribution is -1.75. The van der Waals surface area contributed by atoms with Gasteiger partial charge in [-0.25, -0.2) is 0 Å². The van der Waals surface area contributed by atoms with E-state index in [4.69, 9.17) is 5.53 Å². The van der Waals surface area contributed by atoms with Crippen LogP contribution in [-0.2, 0) is 0 Å². The standard InChI is InChI=1S/C11H13N3S/c1-15-11-7-4-6-10(9-11)5-2-3-8-13-14-12/h2,4-7,9H,3,8H2,1H3. The Hall–Kier alpha value is -1.38. The molecule has 0 aromatic heterocycles. The molecule has 0 aliphatic rings. The number of hydrogen-bond acceptors (Lipinski definition) is 2. The van der Waals surface area contributed by atoms with Crippen LogP contribution in [-0.4, -0.2) is 12.8 Å². The van der Waals surface area contributed by atoms with Gasteiger partial charge >= 0.3 is 0 Å². The van der Waals surface area contributed by atoms with Gasteiger partial charge in [-0.15, -0.1) is 11.8 Å². The molecule has 1 aromatic carbocycles. The van der Waals surface area contributed by atoms with Crippen molar-refractivity contribution in [1.29, 1.82) is 0 Å². The van der Waals surface area contributed by atoms with E-state index in [9.17, 15) is 0 Å². The second-order valence-electron chi connectivity index (χ2n) is 2.92. The summed E-state index contributed by atoms with van der Waals surface area (Å²) >= 11 is 1.73. The van der Waals surface area contributed by atoms with Crippen molar-refractivity contribution in [2.24, 2.45) is 5.11 Å². The maximum atomic E-state index is 8.08. The van der Waals surface area contributed by atoms with Crippen molar-refractivity contribution in [3.05, 3.63) is 46.3 Å². The van der Waals surface area contributed by atoms with Crippen LogP contribution in [0.3, 0.4) is 0 Å². The van der Waals surface area contributed by atoms with Crippen molar-refractivity contribution in [3.63, 3.8) is 0 Å². The van der Waals surface area contributed by atoms with Crippen LogP contribution in [0.15, 0.2) is 40.4 Å². The van der Waals surface area contributed by atoms with Crippen LogP contribution in [0.25, 0.3) is 16.5 Å². The molecular weight excluding hydrogens is 206 g/mol. The Bertz CT molecular complexity index is 381. The minimum atomic E-state index is 0.523. The zero-order valence-corrected chi connectivity index (χ0v) is 9.44. The molecule has 78 valence electrons. The molecule has 0 saturated heterocycles. The van der Waals surface area contributed by atoms with Gasteiger partial charge in [0.05, 0.1) is 0 Å². The molecule has 0 unspecified atom stereocenters. The first-order chi connectivity index (χ1) is 7.36.